The van der Waals surface area contributed by atoms with Gasteiger partial charge in [0, 0.05) is 18.5 Å². The van der Waals surface area contributed by atoms with E-state index in [1.807, 2.05) is 24.3 Å². The van der Waals surface area contributed by atoms with E-state index in [-0.39, 0.29) is 28.9 Å². The van der Waals surface area contributed by atoms with Crippen LogP contribution in [0.2, 0.25) is 0 Å². The number of rotatable bonds is 7. The fourth-order valence-electron chi connectivity index (χ4n) is 9.85. The van der Waals surface area contributed by atoms with E-state index in [1.165, 1.54) is 25.7 Å². The molecule has 1 amide bonds. The Kier molecular flexibility index (Phi) is 7.68. The van der Waals surface area contributed by atoms with Crippen LogP contribution in [0.25, 0.3) is 0 Å². The molecule has 0 heterocycles. The summed E-state index contributed by atoms with van der Waals surface area (Å²) in [6.07, 6.45) is 9.79. The lowest BCUT2D eigenvalue weighted by molar-refractivity contribution is -0.174. The van der Waals surface area contributed by atoms with Crippen molar-refractivity contribution in [1.29, 1.82) is 0 Å². The number of fused-ring (bicyclic) bond motifs is 5. The summed E-state index contributed by atoms with van der Waals surface area (Å²) in [5.41, 5.74) is 1.22. The van der Waals surface area contributed by atoms with Crippen molar-refractivity contribution in [2.24, 2.45) is 46.3 Å². The van der Waals surface area contributed by atoms with Gasteiger partial charge in [-0.05, 0) is 110 Å². The lowest BCUT2D eigenvalue weighted by atomic mass is 9.43. The molecule has 5 nitrogen and oxygen atoms in total. The van der Waals surface area contributed by atoms with Crippen molar-refractivity contribution < 1.29 is 19.7 Å². The lowest BCUT2D eigenvalue weighted by Gasteiger charge is -2.62. The van der Waals surface area contributed by atoms with Crippen LogP contribution in [0.4, 0.5) is 0 Å². The fourth-order valence-corrected chi connectivity index (χ4v) is 9.85. The molecule has 206 valence electrons. The van der Waals surface area contributed by atoms with Gasteiger partial charge < -0.3 is 20.3 Å². The number of aliphatic hydroxyl groups is 2. The van der Waals surface area contributed by atoms with Crippen molar-refractivity contribution in [1.82, 2.24) is 5.32 Å². The number of methoxy groups -OCH3 is 1. The van der Waals surface area contributed by atoms with E-state index in [9.17, 15) is 15.0 Å². The van der Waals surface area contributed by atoms with Gasteiger partial charge in [0.25, 0.3) is 0 Å². The van der Waals surface area contributed by atoms with Crippen LogP contribution in [0.3, 0.4) is 0 Å². The predicted molar refractivity (Wildman–Crippen MR) is 146 cm³/mol. The molecular formula is C32H49NO4. The summed E-state index contributed by atoms with van der Waals surface area (Å²) in [6.45, 7) is 7.66. The van der Waals surface area contributed by atoms with E-state index in [0.29, 0.717) is 48.5 Å². The van der Waals surface area contributed by atoms with Crippen molar-refractivity contribution in [3.8, 4) is 5.75 Å². The number of carbonyl (C=O) groups excluding carboxylic acids is 1. The second-order valence-electron chi connectivity index (χ2n) is 13.5. The Bertz CT molecular complexity index is 966. The number of amides is 1. The van der Waals surface area contributed by atoms with Crippen LogP contribution in [0, 0.1) is 46.3 Å². The number of hydrogen-bond acceptors (Lipinski definition) is 4. The second-order valence-corrected chi connectivity index (χ2v) is 13.5. The fraction of sp³-hybridized carbons (Fsp3) is 0.781. The molecule has 37 heavy (non-hydrogen) atoms. The Hall–Kier alpha value is -1.59. The minimum absolute atomic E-state index is 0.0498. The zero-order valence-electron chi connectivity index (χ0n) is 23.4. The molecule has 0 unspecified atom stereocenters. The molecule has 4 saturated carbocycles. The Labute approximate surface area is 223 Å². The molecule has 0 aromatic heterocycles. The van der Waals surface area contributed by atoms with E-state index >= 15 is 0 Å². The van der Waals surface area contributed by atoms with Crippen LogP contribution in [0.5, 0.6) is 5.75 Å². The first kappa shape index (κ1) is 27.0. The van der Waals surface area contributed by atoms with E-state index < -0.39 is 0 Å². The third-order valence-corrected chi connectivity index (χ3v) is 12.0. The topological polar surface area (TPSA) is 78.8 Å². The molecular weight excluding hydrogens is 462 g/mol. The number of hydrogen-bond donors (Lipinski definition) is 3. The molecule has 0 saturated heterocycles. The Morgan fingerprint density at radius 3 is 2.65 bits per heavy atom. The molecule has 0 spiro atoms. The van der Waals surface area contributed by atoms with Gasteiger partial charge in [0.2, 0.25) is 5.91 Å². The maximum Gasteiger partial charge on any atom is 0.220 e. The molecule has 0 aliphatic heterocycles. The monoisotopic (exact) mass is 511 g/mol. The first-order chi connectivity index (χ1) is 17.7. The van der Waals surface area contributed by atoms with Gasteiger partial charge in [-0.3, -0.25) is 4.79 Å². The van der Waals surface area contributed by atoms with Crippen LogP contribution < -0.4 is 10.1 Å². The number of nitrogens with one attached hydrogen (secondary N) is 1. The average molecular weight is 512 g/mol. The summed E-state index contributed by atoms with van der Waals surface area (Å²) >= 11 is 0. The molecule has 0 bridgehead atoms. The van der Waals surface area contributed by atoms with Gasteiger partial charge in [0.1, 0.15) is 5.75 Å². The quantitative estimate of drug-likeness (QED) is 0.438. The summed E-state index contributed by atoms with van der Waals surface area (Å²) in [5.74, 6) is 4.25. The molecule has 4 fully saturated rings. The van der Waals surface area contributed by atoms with Crippen LogP contribution in [-0.4, -0.2) is 35.4 Å². The first-order valence-corrected chi connectivity index (χ1v) is 14.9. The Morgan fingerprint density at radius 2 is 1.86 bits per heavy atom. The molecule has 1 aromatic carbocycles. The van der Waals surface area contributed by atoms with Crippen molar-refractivity contribution >= 4 is 5.91 Å². The summed E-state index contributed by atoms with van der Waals surface area (Å²) in [5, 5.41) is 25.1. The normalized spacial score (nSPS) is 41.7. The van der Waals surface area contributed by atoms with Crippen molar-refractivity contribution in [2.45, 2.75) is 104 Å². The highest BCUT2D eigenvalue weighted by Crippen LogP contribution is 2.68. The Balaban J connectivity index is 1.21. The number of ether oxygens (including phenoxy) is 1. The molecule has 1 aromatic rings. The van der Waals surface area contributed by atoms with Crippen LogP contribution in [-0.2, 0) is 11.3 Å². The van der Waals surface area contributed by atoms with E-state index in [2.05, 4.69) is 26.1 Å². The largest absolute Gasteiger partial charge is 0.496 e. The summed E-state index contributed by atoms with van der Waals surface area (Å²) in [6, 6.07) is 7.82. The minimum Gasteiger partial charge on any atom is -0.496 e. The highest BCUT2D eigenvalue weighted by molar-refractivity contribution is 5.75. The third kappa shape index (κ3) is 4.73. The molecule has 10 atom stereocenters. The van der Waals surface area contributed by atoms with Gasteiger partial charge in [0.05, 0.1) is 19.3 Å². The number of para-hydroxylation sites is 1. The molecule has 3 N–H and O–H groups in total. The molecule has 4 aliphatic rings. The highest BCUT2D eigenvalue weighted by Gasteiger charge is 2.63. The van der Waals surface area contributed by atoms with Crippen LogP contribution in [0.15, 0.2) is 24.3 Å². The van der Waals surface area contributed by atoms with Crippen molar-refractivity contribution in [2.75, 3.05) is 7.11 Å². The van der Waals surface area contributed by atoms with Gasteiger partial charge in [-0.25, -0.2) is 0 Å². The molecule has 0 radical (unpaired) electrons. The van der Waals surface area contributed by atoms with Crippen LogP contribution >= 0.6 is 0 Å². The molecule has 5 heteroatoms. The third-order valence-electron chi connectivity index (χ3n) is 12.0. The van der Waals surface area contributed by atoms with Gasteiger partial charge in [-0.15, -0.1) is 0 Å². The Morgan fingerprint density at radius 1 is 1.08 bits per heavy atom. The van der Waals surface area contributed by atoms with E-state index in [1.54, 1.807) is 7.11 Å². The van der Waals surface area contributed by atoms with Crippen LogP contribution in [0.1, 0.15) is 90.5 Å². The van der Waals surface area contributed by atoms with Gasteiger partial charge in [-0.1, -0.05) is 39.0 Å². The average Bonchev–Trinajstić information content (AvgIpc) is 3.26. The van der Waals surface area contributed by atoms with Crippen molar-refractivity contribution in [3.63, 3.8) is 0 Å². The highest BCUT2D eigenvalue weighted by atomic mass is 16.5. The maximum atomic E-state index is 12.7. The minimum atomic E-state index is -0.268. The predicted octanol–water partition coefficient (Wildman–Crippen LogP) is 5.72. The van der Waals surface area contributed by atoms with E-state index in [0.717, 1.165) is 43.4 Å². The SMILES string of the molecule is COc1ccccc1CNC(=O)CC[C@@H](C)[C@H]1CC[C@H]2[C@@H]3CC[C@@H]4C[C@H](O)CC[C@]4(C)[C@H]3C[C@H](O)[C@]12C. The van der Waals surface area contributed by atoms with Gasteiger partial charge in [-0.2, -0.15) is 0 Å². The first-order valence-electron chi connectivity index (χ1n) is 14.9. The van der Waals surface area contributed by atoms with Crippen molar-refractivity contribution in [3.05, 3.63) is 29.8 Å². The maximum absolute atomic E-state index is 12.7. The summed E-state index contributed by atoms with van der Waals surface area (Å²) < 4.78 is 5.41. The smallest absolute Gasteiger partial charge is 0.220 e. The summed E-state index contributed by atoms with van der Waals surface area (Å²) in [4.78, 5) is 12.7. The standard InChI is InChI=1S/C32H49NO4/c1-20(9-14-30(36)33-19-21-7-5-6-8-28(21)37-4)25-12-13-26-24-11-10-22-17-23(34)15-16-31(22,2)27(24)18-29(35)32(25,26)3/h5-8,20,22-27,29,34-35H,9-19H2,1-4H3,(H,33,36)/t20-,22-,23-,24+,25-,26+,27+,29+,31+,32-/m1/s1. The molecule has 5 rings (SSSR count). The summed E-state index contributed by atoms with van der Waals surface area (Å²) in [7, 11) is 1.66. The van der Waals surface area contributed by atoms with Gasteiger partial charge in [0.15, 0.2) is 0 Å². The number of benzene rings is 1. The zero-order chi connectivity index (χ0) is 26.4. The van der Waals surface area contributed by atoms with E-state index in [4.69, 9.17) is 4.74 Å². The second kappa shape index (κ2) is 10.5. The number of carbonyl (C=O) groups is 1. The lowest BCUT2D eigenvalue weighted by Crippen LogP contribution is -2.58. The number of aliphatic hydroxyl groups excluding tert-OH is 2. The zero-order valence-corrected chi connectivity index (χ0v) is 23.4. The molecule has 4 aliphatic carbocycles. The van der Waals surface area contributed by atoms with Gasteiger partial charge >= 0.3 is 0 Å².